The highest BCUT2D eigenvalue weighted by atomic mass is 16.1. The fourth-order valence-corrected chi connectivity index (χ4v) is 0.616. The first kappa shape index (κ1) is 8.63. The van der Waals surface area contributed by atoms with Crippen LogP contribution in [0.25, 0.3) is 0 Å². The van der Waals surface area contributed by atoms with Crippen molar-refractivity contribution in [3.63, 3.8) is 0 Å². The molecular formula is C7H15NO. The third-order valence-electron chi connectivity index (χ3n) is 1.37. The molecule has 0 bridgehead atoms. The highest BCUT2D eigenvalue weighted by Gasteiger charge is 2.03. The predicted octanol–water partition coefficient (Wildman–Crippen LogP) is 0.950. The Balaban J connectivity index is 3.34. The minimum atomic E-state index is 0.313. The van der Waals surface area contributed by atoms with E-state index in [1.165, 1.54) is 0 Å². The van der Waals surface area contributed by atoms with Crippen molar-refractivity contribution in [1.82, 2.24) is 0 Å². The zero-order valence-electron chi connectivity index (χ0n) is 6.18. The Labute approximate surface area is 56.4 Å². The average Bonchev–Trinajstić information content (AvgIpc) is 1.87. The summed E-state index contributed by atoms with van der Waals surface area (Å²) < 4.78 is 0. The van der Waals surface area contributed by atoms with Crippen molar-refractivity contribution in [3.8, 4) is 0 Å². The molecule has 54 valence electrons. The molecule has 2 nitrogen and oxygen atoms in total. The van der Waals surface area contributed by atoms with Gasteiger partial charge in [0.1, 0.15) is 5.78 Å². The van der Waals surface area contributed by atoms with E-state index in [1.807, 2.05) is 13.8 Å². The summed E-state index contributed by atoms with van der Waals surface area (Å²) in [6, 6.07) is 0. The first-order chi connectivity index (χ1) is 4.20. The van der Waals surface area contributed by atoms with E-state index in [4.69, 9.17) is 5.73 Å². The van der Waals surface area contributed by atoms with Gasteiger partial charge in [0, 0.05) is 12.8 Å². The minimum Gasteiger partial charge on any atom is -0.330 e. The van der Waals surface area contributed by atoms with Crippen LogP contribution < -0.4 is 5.73 Å². The van der Waals surface area contributed by atoms with Crippen molar-refractivity contribution in [2.45, 2.75) is 26.7 Å². The topological polar surface area (TPSA) is 43.1 Å². The van der Waals surface area contributed by atoms with Gasteiger partial charge in [-0.25, -0.2) is 0 Å². The molecule has 0 aliphatic heterocycles. The van der Waals surface area contributed by atoms with Gasteiger partial charge in [-0.15, -0.1) is 0 Å². The van der Waals surface area contributed by atoms with Crippen molar-refractivity contribution in [2.24, 2.45) is 11.7 Å². The molecular weight excluding hydrogens is 114 g/mol. The Morgan fingerprint density at radius 2 is 2.22 bits per heavy atom. The van der Waals surface area contributed by atoms with Gasteiger partial charge in [0.25, 0.3) is 0 Å². The van der Waals surface area contributed by atoms with Gasteiger partial charge in [0.05, 0.1) is 0 Å². The molecule has 0 saturated carbocycles. The second-order valence-electron chi connectivity index (χ2n) is 2.44. The molecule has 0 saturated heterocycles. The van der Waals surface area contributed by atoms with Crippen LogP contribution in [0.15, 0.2) is 0 Å². The van der Waals surface area contributed by atoms with Crippen LogP contribution in [0.3, 0.4) is 0 Å². The lowest BCUT2D eigenvalue weighted by molar-refractivity contribution is -0.119. The van der Waals surface area contributed by atoms with Crippen LogP contribution in [0.2, 0.25) is 0 Å². The van der Waals surface area contributed by atoms with Crippen LogP contribution in [-0.2, 0) is 4.79 Å². The molecule has 0 aliphatic carbocycles. The molecule has 0 aromatic heterocycles. The van der Waals surface area contributed by atoms with Crippen molar-refractivity contribution in [1.29, 1.82) is 0 Å². The fourth-order valence-electron chi connectivity index (χ4n) is 0.616. The van der Waals surface area contributed by atoms with Crippen molar-refractivity contribution >= 4 is 5.78 Å². The molecule has 0 aromatic carbocycles. The smallest absolute Gasteiger partial charge is 0.132 e. The monoisotopic (exact) mass is 129 g/mol. The summed E-state index contributed by atoms with van der Waals surface area (Å²) in [7, 11) is 0. The predicted molar refractivity (Wildman–Crippen MR) is 38.1 cm³/mol. The molecule has 2 N–H and O–H groups in total. The molecule has 0 rings (SSSR count). The Hall–Kier alpha value is -0.370. The largest absolute Gasteiger partial charge is 0.330 e. The lowest BCUT2D eigenvalue weighted by Crippen LogP contribution is -2.14. The van der Waals surface area contributed by atoms with Crippen molar-refractivity contribution in [2.75, 3.05) is 6.54 Å². The molecule has 0 spiro atoms. The van der Waals surface area contributed by atoms with Gasteiger partial charge in [-0.05, 0) is 12.5 Å². The standard InChI is InChI=1S/C7H15NO/c1-3-7(9)4-6(2)5-8/h6H,3-5,8H2,1-2H3. The third kappa shape index (κ3) is 4.15. The number of hydrogen-bond donors (Lipinski definition) is 1. The van der Waals surface area contributed by atoms with Gasteiger partial charge in [0.2, 0.25) is 0 Å². The zero-order chi connectivity index (χ0) is 7.28. The number of nitrogens with two attached hydrogens (primary N) is 1. The number of rotatable bonds is 4. The summed E-state index contributed by atoms with van der Waals surface area (Å²) in [6.07, 6.45) is 1.29. The molecule has 0 aromatic rings. The Kier molecular flexibility index (Phi) is 4.32. The van der Waals surface area contributed by atoms with Gasteiger partial charge < -0.3 is 5.73 Å². The lowest BCUT2D eigenvalue weighted by Gasteiger charge is -2.03. The molecule has 2 heteroatoms. The Morgan fingerprint density at radius 3 is 2.56 bits per heavy atom. The maximum Gasteiger partial charge on any atom is 0.132 e. The molecule has 0 aliphatic rings. The number of hydrogen-bond acceptors (Lipinski definition) is 2. The number of ketones is 1. The summed E-state index contributed by atoms with van der Waals surface area (Å²) in [5.74, 6) is 0.672. The normalized spacial score (nSPS) is 13.2. The van der Waals surface area contributed by atoms with Crippen molar-refractivity contribution in [3.05, 3.63) is 0 Å². The first-order valence-electron chi connectivity index (χ1n) is 3.42. The average molecular weight is 129 g/mol. The summed E-state index contributed by atoms with van der Waals surface area (Å²) >= 11 is 0. The third-order valence-corrected chi connectivity index (χ3v) is 1.37. The van der Waals surface area contributed by atoms with Gasteiger partial charge in [0.15, 0.2) is 0 Å². The first-order valence-corrected chi connectivity index (χ1v) is 3.42. The maximum atomic E-state index is 10.7. The number of carbonyl (C=O) groups excluding carboxylic acids is 1. The molecule has 0 heterocycles. The zero-order valence-corrected chi connectivity index (χ0v) is 6.18. The van der Waals surface area contributed by atoms with Crippen LogP contribution in [0, 0.1) is 5.92 Å². The molecule has 1 unspecified atom stereocenters. The van der Waals surface area contributed by atoms with Crippen LogP contribution in [0.5, 0.6) is 0 Å². The second-order valence-corrected chi connectivity index (χ2v) is 2.44. The van der Waals surface area contributed by atoms with Gasteiger partial charge in [-0.1, -0.05) is 13.8 Å². The van der Waals surface area contributed by atoms with Crippen LogP contribution in [0.1, 0.15) is 26.7 Å². The van der Waals surface area contributed by atoms with E-state index < -0.39 is 0 Å². The second kappa shape index (κ2) is 4.50. The molecule has 0 amide bonds. The van der Waals surface area contributed by atoms with Gasteiger partial charge in [-0.3, -0.25) is 4.79 Å². The molecule has 9 heavy (non-hydrogen) atoms. The van der Waals surface area contributed by atoms with E-state index in [2.05, 4.69) is 0 Å². The maximum absolute atomic E-state index is 10.7. The number of carbonyl (C=O) groups is 1. The Morgan fingerprint density at radius 1 is 1.67 bits per heavy atom. The van der Waals surface area contributed by atoms with Gasteiger partial charge >= 0.3 is 0 Å². The Bertz CT molecular complexity index is 90.9. The molecule has 1 atom stereocenters. The van der Waals surface area contributed by atoms with E-state index in [-0.39, 0.29) is 0 Å². The fraction of sp³-hybridized carbons (Fsp3) is 0.857. The molecule has 0 radical (unpaired) electrons. The summed E-state index contributed by atoms with van der Waals surface area (Å²) in [5, 5.41) is 0. The van der Waals surface area contributed by atoms with Crippen LogP contribution in [-0.4, -0.2) is 12.3 Å². The van der Waals surface area contributed by atoms with Crippen molar-refractivity contribution < 1.29 is 4.79 Å². The van der Waals surface area contributed by atoms with Crippen LogP contribution in [0.4, 0.5) is 0 Å². The highest BCUT2D eigenvalue weighted by Crippen LogP contribution is 2.00. The number of Topliss-reactive ketones (excluding diaryl/α,β-unsaturated/α-hetero) is 1. The summed E-state index contributed by atoms with van der Waals surface area (Å²) in [4.78, 5) is 10.7. The highest BCUT2D eigenvalue weighted by molar-refractivity contribution is 5.78. The van der Waals surface area contributed by atoms with E-state index in [1.54, 1.807) is 0 Å². The minimum absolute atomic E-state index is 0.313. The SMILES string of the molecule is CCC(=O)CC(C)CN. The van der Waals surface area contributed by atoms with E-state index in [9.17, 15) is 4.79 Å². The van der Waals surface area contributed by atoms with Gasteiger partial charge in [-0.2, -0.15) is 0 Å². The quantitative estimate of drug-likeness (QED) is 0.614. The van der Waals surface area contributed by atoms with E-state index in [0.29, 0.717) is 31.1 Å². The molecule has 0 fully saturated rings. The van der Waals surface area contributed by atoms with Crippen LogP contribution >= 0.6 is 0 Å². The lowest BCUT2D eigenvalue weighted by atomic mass is 10.0. The summed E-state index contributed by atoms with van der Waals surface area (Å²) in [6.45, 7) is 4.49. The summed E-state index contributed by atoms with van der Waals surface area (Å²) in [5.41, 5.74) is 5.32. The van der Waals surface area contributed by atoms with E-state index in [0.717, 1.165) is 0 Å². The van der Waals surface area contributed by atoms with E-state index >= 15 is 0 Å².